The summed E-state index contributed by atoms with van der Waals surface area (Å²) in [6.45, 7) is 7.46. The van der Waals surface area contributed by atoms with Crippen LogP contribution in [0.2, 0.25) is 0 Å². The number of nitrogens with two attached hydrogens (primary N) is 2. The normalized spacial score (nSPS) is 24.0. The maximum Gasteiger partial charge on any atom is 0.277 e. The number of benzene rings is 1. The molecule has 1 aromatic carbocycles. The monoisotopic (exact) mass is 508 g/mol. The third-order valence-corrected chi connectivity index (χ3v) is 6.77. The van der Waals surface area contributed by atoms with Crippen LogP contribution in [0.1, 0.15) is 50.0 Å². The van der Waals surface area contributed by atoms with Crippen LogP contribution >= 0.6 is 11.3 Å². The van der Waals surface area contributed by atoms with E-state index in [4.69, 9.17) is 16.2 Å². The number of nitrogen functional groups attached to an aromatic ring is 1. The van der Waals surface area contributed by atoms with Gasteiger partial charge in [0.05, 0.1) is 29.7 Å². The number of hydrogen-bond donors (Lipinski definition) is 4. The van der Waals surface area contributed by atoms with Gasteiger partial charge >= 0.3 is 0 Å². The van der Waals surface area contributed by atoms with E-state index in [1.165, 1.54) is 12.3 Å². The number of aliphatic hydroxyl groups is 1. The predicted molar refractivity (Wildman–Crippen MR) is 131 cm³/mol. The zero-order valence-electron chi connectivity index (χ0n) is 20.2. The quantitative estimate of drug-likeness (QED) is 0.423. The van der Waals surface area contributed by atoms with Gasteiger partial charge in [-0.25, -0.2) is 13.8 Å². The lowest BCUT2D eigenvalue weighted by Crippen LogP contribution is -2.58. The van der Waals surface area contributed by atoms with Crippen LogP contribution in [-0.2, 0) is 11.8 Å². The van der Waals surface area contributed by atoms with Crippen LogP contribution in [0.4, 0.5) is 19.5 Å². The number of hydrogen-bond acceptors (Lipinski definition) is 8. The van der Waals surface area contributed by atoms with Crippen LogP contribution < -0.4 is 16.8 Å². The van der Waals surface area contributed by atoms with Crippen LogP contribution in [0.5, 0.6) is 0 Å². The van der Waals surface area contributed by atoms with Crippen molar-refractivity contribution in [1.29, 1.82) is 0 Å². The molecule has 0 aliphatic carbocycles. The molecule has 6 N–H and O–H groups in total. The molecule has 0 radical (unpaired) electrons. The van der Waals surface area contributed by atoms with Crippen molar-refractivity contribution in [3.63, 3.8) is 0 Å². The number of nitrogens with one attached hydrogen (secondary N) is 1. The van der Waals surface area contributed by atoms with Gasteiger partial charge in [0.2, 0.25) is 0 Å². The van der Waals surface area contributed by atoms with E-state index >= 15 is 0 Å². The topological polar surface area (TPSA) is 141 Å². The Kier molecular flexibility index (Phi) is 7.90. The first-order valence-corrected chi connectivity index (χ1v) is 12.0. The molecule has 9 nitrogen and oxygen atoms in total. The van der Waals surface area contributed by atoms with E-state index in [9.17, 15) is 18.7 Å². The molecule has 1 amide bonds. The number of ether oxygens (including phenoxy) is 1. The van der Waals surface area contributed by atoms with Crippen molar-refractivity contribution in [2.24, 2.45) is 18.7 Å². The number of rotatable bonds is 4. The molecule has 1 aliphatic rings. The SMILES string of the molecule is CC.CC1C(c2c(NC(=O)c3nc(-c4c(F)cccc4F)sc3N)cnn2C)OCC(C)(O)C1N. The Hall–Kier alpha value is -2.93. The Morgan fingerprint density at radius 3 is 2.60 bits per heavy atom. The standard InChI is InChI=1S/C21H24F2N6O3S.C2H6/c1-9-16(32-8-21(2,31)17(9)24)15-12(7-26-29(15)3)27-19(30)14-18(25)33-20(28-14)13-10(22)5-4-6-11(13)23;1-2/h4-7,9,16-17,31H,8,24-25H2,1-3H3,(H,27,30);1-2H3. The van der Waals surface area contributed by atoms with E-state index in [1.807, 2.05) is 20.8 Å². The molecule has 2 aromatic heterocycles. The summed E-state index contributed by atoms with van der Waals surface area (Å²) in [7, 11) is 1.69. The zero-order chi connectivity index (χ0) is 26.1. The molecule has 0 spiro atoms. The number of amides is 1. The molecule has 190 valence electrons. The third kappa shape index (κ3) is 5.06. The number of carbonyl (C=O) groups is 1. The molecule has 0 saturated carbocycles. The van der Waals surface area contributed by atoms with E-state index < -0.39 is 35.3 Å². The molecule has 1 fully saturated rings. The lowest BCUT2D eigenvalue weighted by molar-refractivity contribution is -0.150. The Balaban J connectivity index is 0.00000167. The second kappa shape index (κ2) is 10.4. The van der Waals surface area contributed by atoms with E-state index in [0.29, 0.717) is 11.4 Å². The summed E-state index contributed by atoms with van der Waals surface area (Å²) in [6, 6.07) is 2.88. The highest BCUT2D eigenvalue weighted by molar-refractivity contribution is 7.19. The van der Waals surface area contributed by atoms with Crippen LogP contribution in [0, 0.1) is 17.6 Å². The predicted octanol–water partition coefficient (Wildman–Crippen LogP) is 3.47. The number of thiazole rings is 1. The summed E-state index contributed by atoms with van der Waals surface area (Å²) in [5.41, 5.74) is 11.4. The van der Waals surface area contributed by atoms with E-state index in [2.05, 4.69) is 15.4 Å². The van der Waals surface area contributed by atoms with E-state index in [0.717, 1.165) is 23.5 Å². The minimum absolute atomic E-state index is 0.0101. The van der Waals surface area contributed by atoms with Gasteiger partial charge in [0.1, 0.15) is 33.3 Å². The fourth-order valence-corrected chi connectivity index (χ4v) is 4.83. The maximum atomic E-state index is 14.1. The van der Waals surface area contributed by atoms with Gasteiger partial charge in [-0.3, -0.25) is 9.48 Å². The van der Waals surface area contributed by atoms with Crippen molar-refractivity contribution in [3.05, 3.63) is 47.4 Å². The van der Waals surface area contributed by atoms with Gasteiger partial charge in [0.25, 0.3) is 5.91 Å². The van der Waals surface area contributed by atoms with Crippen LogP contribution in [-0.4, -0.2) is 44.0 Å². The molecule has 3 heterocycles. The van der Waals surface area contributed by atoms with Crippen molar-refractivity contribution in [1.82, 2.24) is 14.8 Å². The van der Waals surface area contributed by atoms with Crippen molar-refractivity contribution in [2.75, 3.05) is 17.7 Å². The molecule has 4 atom stereocenters. The van der Waals surface area contributed by atoms with Gasteiger partial charge in [-0.1, -0.05) is 38.2 Å². The highest BCUT2D eigenvalue weighted by atomic mass is 32.1. The molecule has 12 heteroatoms. The summed E-state index contributed by atoms with van der Waals surface area (Å²) < 4.78 is 35.7. The number of aryl methyl sites for hydroxylation is 1. The summed E-state index contributed by atoms with van der Waals surface area (Å²) in [5.74, 6) is -2.57. The zero-order valence-corrected chi connectivity index (χ0v) is 21.0. The number of anilines is 2. The van der Waals surface area contributed by atoms with Gasteiger partial charge in [0, 0.05) is 19.0 Å². The van der Waals surface area contributed by atoms with E-state index in [-0.39, 0.29) is 33.8 Å². The lowest BCUT2D eigenvalue weighted by atomic mass is 9.81. The van der Waals surface area contributed by atoms with Gasteiger partial charge < -0.3 is 26.6 Å². The Morgan fingerprint density at radius 1 is 1.34 bits per heavy atom. The smallest absolute Gasteiger partial charge is 0.277 e. The van der Waals surface area contributed by atoms with Gasteiger partial charge in [0.15, 0.2) is 5.69 Å². The molecule has 4 rings (SSSR count). The fraction of sp³-hybridized carbons (Fsp3) is 0.435. The van der Waals surface area contributed by atoms with Crippen molar-refractivity contribution < 1.29 is 23.4 Å². The molecular weight excluding hydrogens is 478 g/mol. The van der Waals surface area contributed by atoms with Crippen molar-refractivity contribution in [3.8, 4) is 10.6 Å². The van der Waals surface area contributed by atoms with Crippen molar-refractivity contribution in [2.45, 2.75) is 45.4 Å². The lowest BCUT2D eigenvalue weighted by Gasteiger charge is -2.43. The minimum atomic E-state index is -1.19. The van der Waals surface area contributed by atoms with Gasteiger partial charge in [-0.2, -0.15) is 5.10 Å². The molecule has 1 aliphatic heterocycles. The molecule has 0 bridgehead atoms. The summed E-state index contributed by atoms with van der Waals surface area (Å²) in [4.78, 5) is 17.0. The Labute approximate surface area is 206 Å². The first-order chi connectivity index (χ1) is 16.5. The average Bonchev–Trinajstić information content (AvgIpc) is 3.36. The van der Waals surface area contributed by atoms with Gasteiger partial charge in [-0.05, 0) is 19.1 Å². The maximum absolute atomic E-state index is 14.1. The third-order valence-electron chi connectivity index (χ3n) is 5.86. The largest absolute Gasteiger partial charge is 0.389 e. The van der Waals surface area contributed by atoms with Crippen molar-refractivity contribution >= 4 is 27.9 Å². The van der Waals surface area contributed by atoms with Crippen LogP contribution in [0.25, 0.3) is 10.6 Å². The van der Waals surface area contributed by atoms with Crippen LogP contribution in [0.3, 0.4) is 0 Å². The first-order valence-electron chi connectivity index (χ1n) is 11.1. The summed E-state index contributed by atoms with van der Waals surface area (Å²) >= 11 is 0.809. The van der Waals surface area contributed by atoms with Crippen LogP contribution in [0.15, 0.2) is 24.4 Å². The number of carbonyl (C=O) groups excluding carboxylic acids is 1. The summed E-state index contributed by atoms with van der Waals surface area (Å²) in [6.07, 6.45) is 0.903. The summed E-state index contributed by atoms with van der Waals surface area (Å²) in [5, 5.41) is 17.3. The number of aromatic nitrogens is 3. The highest BCUT2D eigenvalue weighted by Crippen LogP contribution is 2.40. The highest BCUT2D eigenvalue weighted by Gasteiger charge is 2.44. The molecule has 35 heavy (non-hydrogen) atoms. The second-order valence-corrected chi connectivity index (χ2v) is 9.35. The number of halogens is 2. The minimum Gasteiger partial charge on any atom is -0.389 e. The molecule has 4 unspecified atom stereocenters. The fourth-order valence-electron chi connectivity index (χ4n) is 3.96. The second-order valence-electron chi connectivity index (χ2n) is 8.32. The first kappa shape index (κ1) is 26.7. The molecular formula is C23H30F2N6O3S. The van der Waals surface area contributed by atoms with Gasteiger partial charge in [-0.15, -0.1) is 0 Å². The molecule has 3 aromatic rings. The molecule has 1 saturated heterocycles. The Morgan fingerprint density at radius 2 is 1.97 bits per heavy atom. The average molecular weight is 509 g/mol. The van der Waals surface area contributed by atoms with E-state index in [1.54, 1.807) is 18.7 Å². The number of nitrogens with zero attached hydrogens (tertiary/aromatic N) is 3. The Bertz CT molecular complexity index is 1190.